The molecule has 1 atom stereocenters. The van der Waals surface area contributed by atoms with Crippen LogP contribution in [0.2, 0.25) is 0 Å². The highest BCUT2D eigenvalue weighted by Crippen LogP contribution is 2.20. The average molecular weight is 251 g/mol. The van der Waals surface area contributed by atoms with Crippen LogP contribution >= 0.6 is 0 Å². The lowest BCUT2D eigenvalue weighted by molar-refractivity contribution is -0.138. The van der Waals surface area contributed by atoms with Crippen LogP contribution in [0.5, 0.6) is 5.75 Å². The maximum atomic E-state index is 11.8. The number of carboxylic acid groups (broad SMARTS) is 1. The first-order chi connectivity index (χ1) is 8.45. The van der Waals surface area contributed by atoms with E-state index in [0.29, 0.717) is 12.2 Å². The van der Waals surface area contributed by atoms with E-state index in [0.717, 1.165) is 11.3 Å². The van der Waals surface area contributed by atoms with Gasteiger partial charge in [-0.2, -0.15) is 0 Å². The molecule has 1 rings (SSSR count). The Morgan fingerprint density at radius 3 is 2.61 bits per heavy atom. The molecular weight excluding hydrogens is 234 g/mol. The summed E-state index contributed by atoms with van der Waals surface area (Å²) in [5.74, 6) is -0.737. The summed E-state index contributed by atoms with van der Waals surface area (Å²) in [5, 5.41) is 8.65. The predicted molar refractivity (Wildman–Crippen MR) is 66.9 cm³/mol. The molecule has 0 aliphatic carbocycles. The Bertz CT molecular complexity index is 456. The molecule has 98 valence electrons. The minimum absolute atomic E-state index is 0.206. The fourth-order valence-corrected chi connectivity index (χ4v) is 1.55. The van der Waals surface area contributed by atoms with Crippen molar-refractivity contribution >= 4 is 11.8 Å². The Kier molecular flexibility index (Phi) is 4.85. The van der Waals surface area contributed by atoms with Gasteiger partial charge in [0.2, 0.25) is 0 Å². The van der Waals surface area contributed by atoms with Crippen molar-refractivity contribution in [2.45, 2.75) is 26.3 Å². The third-order valence-corrected chi connectivity index (χ3v) is 2.52. The molecule has 1 unspecified atom stereocenters. The van der Waals surface area contributed by atoms with E-state index in [2.05, 4.69) is 0 Å². The molecule has 0 fully saturated rings. The number of nitrogens with two attached hydrogens (primary N) is 1. The predicted octanol–water partition coefficient (Wildman–Crippen LogP) is 1.38. The number of carbonyl (C=O) groups is 2. The van der Waals surface area contributed by atoms with Crippen LogP contribution in [0.4, 0.5) is 0 Å². The molecule has 5 nitrogen and oxygen atoms in total. The second-order valence-electron chi connectivity index (χ2n) is 3.99. The maximum Gasteiger partial charge on any atom is 0.320 e. The first kappa shape index (κ1) is 14.2. The Morgan fingerprint density at radius 1 is 1.44 bits per heavy atom. The Morgan fingerprint density at radius 2 is 2.11 bits per heavy atom. The fraction of sp³-hybridized carbons (Fsp3) is 0.385. The second kappa shape index (κ2) is 6.16. The van der Waals surface area contributed by atoms with Crippen LogP contribution in [0.25, 0.3) is 0 Å². The van der Waals surface area contributed by atoms with Gasteiger partial charge in [-0.3, -0.25) is 9.59 Å². The quantitative estimate of drug-likeness (QED) is 0.745. The summed E-state index contributed by atoms with van der Waals surface area (Å²) in [6.45, 7) is 4.27. The molecule has 5 heteroatoms. The number of ketones is 1. The minimum atomic E-state index is -1.17. The average Bonchev–Trinajstić information content (AvgIpc) is 2.31. The summed E-state index contributed by atoms with van der Waals surface area (Å²) < 4.78 is 5.36. The van der Waals surface area contributed by atoms with Crippen molar-refractivity contribution in [2.75, 3.05) is 6.61 Å². The highest BCUT2D eigenvalue weighted by molar-refractivity contribution is 5.98. The van der Waals surface area contributed by atoms with E-state index in [1.165, 1.54) is 0 Å². The molecular formula is C13H17NO4. The fourth-order valence-electron chi connectivity index (χ4n) is 1.55. The monoisotopic (exact) mass is 251 g/mol. The number of carbonyl (C=O) groups excluding carboxylic acids is 1. The number of aryl methyl sites for hydroxylation is 1. The van der Waals surface area contributed by atoms with Crippen LogP contribution in [0.3, 0.4) is 0 Å². The van der Waals surface area contributed by atoms with Gasteiger partial charge >= 0.3 is 5.97 Å². The van der Waals surface area contributed by atoms with Crippen molar-refractivity contribution < 1.29 is 19.4 Å². The van der Waals surface area contributed by atoms with Crippen LogP contribution in [0, 0.1) is 6.92 Å². The highest BCUT2D eigenvalue weighted by Gasteiger charge is 2.18. The van der Waals surface area contributed by atoms with Crippen LogP contribution in [-0.2, 0) is 4.79 Å². The molecule has 0 radical (unpaired) electrons. The number of Topliss-reactive ketones (excluding diaryl/α,β-unsaturated/α-hetero) is 1. The molecule has 0 saturated heterocycles. The molecule has 0 aliphatic rings. The molecule has 3 N–H and O–H groups in total. The van der Waals surface area contributed by atoms with Gasteiger partial charge in [0, 0.05) is 12.0 Å². The molecule has 0 amide bonds. The van der Waals surface area contributed by atoms with Crippen molar-refractivity contribution in [1.29, 1.82) is 0 Å². The molecule has 0 aromatic heterocycles. The zero-order valence-corrected chi connectivity index (χ0v) is 10.5. The van der Waals surface area contributed by atoms with Crippen LogP contribution < -0.4 is 10.5 Å². The van der Waals surface area contributed by atoms with Crippen molar-refractivity contribution in [1.82, 2.24) is 0 Å². The lowest BCUT2D eigenvalue weighted by Gasteiger charge is -2.09. The van der Waals surface area contributed by atoms with E-state index in [9.17, 15) is 9.59 Å². The van der Waals surface area contributed by atoms with Gasteiger partial charge in [-0.05, 0) is 37.6 Å². The lowest BCUT2D eigenvalue weighted by Crippen LogP contribution is -2.32. The first-order valence-electron chi connectivity index (χ1n) is 5.70. The number of hydrogen-bond acceptors (Lipinski definition) is 4. The van der Waals surface area contributed by atoms with Gasteiger partial charge in [0.15, 0.2) is 5.78 Å². The zero-order valence-electron chi connectivity index (χ0n) is 10.5. The third-order valence-electron chi connectivity index (χ3n) is 2.52. The Balaban J connectivity index is 2.81. The summed E-state index contributed by atoms with van der Waals surface area (Å²) in [7, 11) is 0. The molecule has 1 aromatic rings. The largest absolute Gasteiger partial charge is 0.494 e. The number of rotatable bonds is 6. The van der Waals surface area contributed by atoms with E-state index < -0.39 is 12.0 Å². The molecule has 0 saturated carbocycles. The van der Waals surface area contributed by atoms with Crippen molar-refractivity contribution in [2.24, 2.45) is 5.73 Å². The third kappa shape index (κ3) is 3.56. The maximum absolute atomic E-state index is 11.8. The first-order valence-corrected chi connectivity index (χ1v) is 5.70. The van der Waals surface area contributed by atoms with Gasteiger partial charge in [-0.15, -0.1) is 0 Å². The molecule has 0 heterocycles. The Labute approximate surface area is 106 Å². The SMILES string of the molecule is CCOc1ccc(C(=O)CC(N)C(=O)O)cc1C. The molecule has 0 bridgehead atoms. The minimum Gasteiger partial charge on any atom is -0.494 e. The highest BCUT2D eigenvalue weighted by atomic mass is 16.5. The van der Waals surface area contributed by atoms with Crippen LogP contribution in [0.15, 0.2) is 18.2 Å². The van der Waals surface area contributed by atoms with Gasteiger partial charge in [-0.25, -0.2) is 0 Å². The van der Waals surface area contributed by atoms with E-state index in [-0.39, 0.29) is 12.2 Å². The standard InChI is InChI=1S/C13H17NO4/c1-3-18-12-5-4-9(6-8(12)2)11(15)7-10(14)13(16)17/h4-6,10H,3,7,14H2,1-2H3,(H,16,17). The van der Waals surface area contributed by atoms with Gasteiger partial charge < -0.3 is 15.6 Å². The number of carboxylic acids is 1. The van der Waals surface area contributed by atoms with Gasteiger partial charge in [0.1, 0.15) is 11.8 Å². The topological polar surface area (TPSA) is 89.6 Å². The lowest BCUT2D eigenvalue weighted by atomic mass is 10.0. The van der Waals surface area contributed by atoms with Crippen LogP contribution in [-0.4, -0.2) is 29.5 Å². The van der Waals surface area contributed by atoms with E-state index in [1.54, 1.807) is 18.2 Å². The van der Waals surface area contributed by atoms with E-state index in [1.807, 2.05) is 13.8 Å². The summed E-state index contributed by atoms with van der Waals surface area (Å²) in [6.07, 6.45) is -0.206. The van der Waals surface area contributed by atoms with Gasteiger partial charge in [0.05, 0.1) is 6.61 Å². The van der Waals surface area contributed by atoms with Gasteiger partial charge in [-0.1, -0.05) is 0 Å². The van der Waals surface area contributed by atoms with E-state index >= 15 is 0 Å². The zero-order chi connectivity index (χ0) is 13.7. The molecule has 1 aromatic carbocycles. The van der Waals surface area contributed by atoms with Gasteiger partial charge in [0.25, 0.3) is 0 Å². The van der Waals surface area contributed by atoms with E-state index in [4.69, 9.17) is 15.6 Å². The summed E-state index contributed by atoms with van der Waals surface area (Å²) in [6, 6.07) is 3.85. The molecule has 0 aliphatic heterocycles. The second-order valence-corrected chi connectivity index (χ2v) is 3.99. The summed E-state index contributed by atoms with van der Waals surface area (Å²) in [4.78, 5) is 22.4. The summed E-state index contributed by atoms with van der Waals surface area (Å²) >= 11 is 0. The smallest absolute Gasteiger partial charge is 0.320 e. The Hall–Kier alpha value is -1.88. The number of aliphatic carboxylic acids is 1. The number of benzene rings is 1. The normalized spacial score (nSPS) is 11.9. The van der Waals surface area contributed by atoms with Crippen LogP contribution in [0.1, 0.15) is 29.3 Å². The number of hydrogen-bond donors (Lipinski definition) is 2. The summed E-state index contributed by atoms with van der Waals surface area (Å²) in [5.41, 5.74) is 6.62. The van der Waals surface area contributed by atoms with Crippen molar-refractivity contribution in [3.8, 4) is 5.75 Å². The van der Waals surface area contributed by atoms with Crippen molar-refractivity contribution in [3.63, 3.8) is 0 Å². The number of ether oxygens (including phenoxy) is 1. The van der Waals surface area contributed by atoms with Crippen molar-refractivity contribution in [3.05, 3.63) is 29.3 Å². The molecule has 0 spiro atoms. The molecule has 18 heavy (non-hydrogen) atoms.